The SMILES string of the molecule is CC(C)CCNc1cncc(C(=O)NCc2ccc(F)cc2)c1. The molecule has 0 fully saturated rings. The highest BCUT2D eigenvalue weighted by Crippen LogP contribution is 2.10. The Kier molecular flexibility index (Phi) is 6.09. The molecule has 1 heterocycles. The lowest BCUT2D eigenvalue weighted by molar-refractivity contribution is 0.0950. The lowest BCUT2D eigenvalue weighted by Gasteiger charge is -2.10. The number of carbonyl (C=O) groups is 1. The van der Waals surface area contributed by atoms with Crippen molar-refractivity contribution >= 4 is 11.6 Å². The number of amides is 1. The van der Waals surface area contributed by atoms with Crippen molar-refractivity contribution in [3.8, 4) is 0 Å². The fourth-order valence-electron chi connectivity index (χ4n) is 2.05. The van der Waals surface area contributed by atoms with Gasteiger partial charge in [0.15, 0.2) is 0 Å². The van der Waals surface area contributed by atoms with E-state index in [-0.39, 0.29) is 11.7 Å². The molecule has 1 aromatic carbocycles. The minimum Gasteiger partial charge on any atom is -0.384 e. The van der Waals surface area contributed by atoms with Crippen LogP contribution in [-0.2, 0) is 6.54 Å². The van der Waals surface area contributed by atoms with Crippen molar-refractivity contribution in [1.29, 1.82) is 0 Å². The molecule has 23 heavy (non-hydrogen) atoms. The molecule has 0 aliphatic rings. The summed E-state index contributed by atoms with van der Waals surface area (Å²) < 4.78 is 12.8. The van der Waals surface area contributed by atoms with Crippen LogP contribution in [0, 0.1) is 11.7 Å². The highest BCUT2D eigenvalue weighted by Gasteiger charge is 2.07. The summed E-state index contributed by atoms with van der Waals surface area (Å²) in [4.78, 5) is 16.3. The van der Waals surface area contributed by atoms with Gasteiger partial charge in [0, 0.05) is 25.5 Å². The maximum absolute atomic E-state index is 12.8. The van der Waals surface area contributed by atoms with Gasteiger partial charge in [-0.15, -0.1) is 0 Å². The third-order valence-corrected chi connectivity index (χ3v) is 3.42. The van der Waals surface area contributed by atoms with Gasteiger partial charge in [0.25, 0.3) is 5.91 Å². The van der Waals surface area contributed by atoms with Gasteiger partial charge in [-0.25, -0.2) is 4.39 Å². The first kappa shape index (κ1) is 16.9. The van der Waals surface area contributed by atoms with E-state index >= 15 is 0 Å². The van der Waals surface area contributed by atoms with Crippen LogP contribution in [0.25, 0.3) is 0 Å². The minimum atomic E-state index is -0.288. The molecule has 1 aromatic heterocycles. The Morgan fingerprint density at radius 2 is 1.96 bits per heavy atom. The molecule has 4 nitrogen and oxygen atoms in total. The molecule has 0 unspecified atom stereocenters. The lowest BCUT2D eigenvalue weighted by Crippen LogP contribution is -2.23. The summed E-state index contributed by atoms with van der Waals surface area (Å²) in [6.45, 7) is 5.53. The van der Waals surface area contributed by atoms with Crippen LogP contribution in [0.4, 0.5) is 10.1 Å². The topological polar surface area (TPSA) is 54.0 Å². The van der Waals surface area contributed by atoms with Crippen LogP contribution >= 0.6 is 0 Å². The number of nitrogens with one attached hydrogen (secondary N) is 2. The second-order valence-electron chi connectivity index (χ2n) is 5.88. The molecular weight excluding hydrogens is 293 g/mol. The molecule has 0 aliphatic carbocycles. The predicted octanol–water partition coefficient (Wildman–Crippen LogP) is 3.61. The maximum Gasteiger partial charge on any atom is 0.253 e. The van der Waals surface area contributed by atoms with Crippen molar-refractivity contribution in [2.24, 2.45) is 5.92 Å². The molecule has 5 heteroatoms. The lowest BCUT2D eigenvalue weighted by atomic mass is 10.1. The Balaban J connectivity index is 1.90. The number of aromatic nitrogens is 1. The Bertz CT molecular complexity index is 641. The van der Waals surface area contributed by atoms with Crippen LogP contribution < -0.4 is 10.6 Å². The van der Waals surface area contributed by atoms with Gasteiger partial charge in [0.2, 0.25) is 0 Å². The molecule has 0 bridgehead atoms. The van der Waals surface area contributed by atoms with Crippen molar-refractivity contribution in [2.75, 3.05) is 11.9 Å². The number of benzene rings is 1. The average Bonchev–Trinajstić information content (AvgIpc) is 2.54. The third-order valence-electron chi connectivity index (χ3n) is 3.42. The monoisotopic (exact) mass is 315 g/mol. The smallest absolute Gasteiger partial charge is 0.253 e. The van der Waals surface area contributed by atoms with Crippen LogP contribution in [0.5, 0.6) is 0 Å². The van der Waals surface area contributed by atoms with Gasteiger partial charge in [0.1, 0.15) is 5.82 Å². The van der Waals surface area contributed by atoms with Gasteiger partial charge in [-0.1, -0.05) is 26.0 Å². The van der Waals surface area contributed by atoms with E-state index in [1.54, 1.807) is 24.4 Å². The van der Waals surface area contributed by atoms with Crippen LogP contribution in [0.2, 0.25) is 0 Å². The van der Waals surface area contributed by atoms with Gasteiger partial charge in [-0.05, 0) is 36.1 Å². The number of nitrogens with zero attached hydrogens (tertiary/aromatic N) is 1. The summed E-state index contributed by atoms with van der Waals surface area (Å²) in [7, 11) is 0. The number of carbonyl (C=O) groups excluding carboxylic acids is 1. The van der Waals surface area contributed by atoms with E-state index < -0.39 is 0 Å². The zero-order valence-electron chi connectivity index (χ0n) is 13.5. The molecule has 0 saturated heterocycles. The molecule has 0 atom stereocenters. The number of pyridine rings is 1. The van der Waals surface area contributed by atoms with Gasteiger partial charge in [0.05, 0.1) is 11.3 Å². The van der Waals surface area contributed by atoms with Gasteiger partial charge in [-0.3, -0.25) is 9.78 Å². The molecule has 122 valence electrons. The molecular formula is C18H22FN3O. The minimum absolute atomic E-state index is 0.200. The van der Waals surface area contributed by atoms with Crippen LogP contribution in [0.3, 0.4) is 0 Å². The quantitative estimate of drug-likeness (QED) is 0.820. The summed E-state index contributed by atoms with van der Waals surface area (Å²) in [5.74, 6) is 0.136. The first-order valence-electron chi connectivity index (χ1n) is 7.76. The molecule has 2 rings (SSSR count). The average molecular weight is 315 g/mol. The molecule has 2 aromatic rings. The van der Waals surface area contributed by atoms with E-state index in [1.807, 2.05) is 0 Å². The van der Waals surface area contributed by atoms with Crippen molar-refractivity contribution in [3.05, 3.63) is 59.7 Å². The van der Waals surface area contributed by atoms with Crippen molar-refractivity contribution in [3.63, 3.8) is 0 Å². The normalized spacial score (nSPS) is 10.6. The maximum atomic E-state index is 12.8. The number of anilines is 1. The zero-order chi connectivity index (χ0) is 16.7. The predicted molar refractivity (Wildman–Crippen MR) is 89.8 cm³/mol. The fraction of sp³-hybridized carbons (Fsp3) is 0.333. The van der Waals surface area contributed by atoms with Crippen molar-refractivity contribution < 1.29 is 9.18 Å². The zero-order valence-corrected chi connectivity index (χ0v) is 13.5. The highest BCUT2D eigenvalue weighted by atomic mass is 19.1. The Labute approximate surface area is 136 Å². The van der Waals surface area contributed by atoms with Gasteiger partial charge < -0.3 is 10.6 Å². The van der Waals surface area contributed by atoms with Gasteiger partial charge in [-0.2, -0.15) is 0 Å². The first-order chi connectivity index (χ1) is 11.0. The number of rotatable bonds is 7. The van der Waals surface area contributed by atoms with Crippen molar-refractivity contribution in [2.45, 2.75) is 26.8 Å². The molecule has 0 aliphatic heterocycles. The van der Waals surface area contributed by atoms with Gasteiger partial charge >= 0.3 is 0 Å². The summed E-state index contributed by atoms with van der Waals surface area (Å²) in [6, 6.07) is 7.84. The highest BCUT2D eigenvalue weighted by molar-refractivity contribution is 5.94. The van der Waals surface area contributed by atoms with E-state index in [0.29, 0.717) is 18.0 Å². The van der Waals surface area contributed by atoms with E-state index in [0.717, 1.165) is 24.2 Å². The number of hydrogen-bond acceptors (Lipinski definition) is 3. The summed E-state index contributed by atoms with van der Waals surface area (Å²) >= 11 is 0. The Hall–Kier alpha value is -2.43. The molecule has 2 N–H and O–H groups in total. The second-order valence-corrected chi connectivity index (χ2v) is 5.88. The standard InChI is InChI=1S/C18H22FN3O/c1-13(2)7-8-21-17-9-15(11-20-12-17)18(23)22-10-14-3-5-16(19)6-4-14/h3-6,9,11-13,21H,7-8,10H2,1-2H3,(H,22,23). The Morgan fingerprint density at radius 1 is 1.22 bits per heavy atom. The molecule has 0 spiro atoms. The fourth-order valence-corrected chi connectivity index (χ4v) is 2.05. The third kappa shape index (κ3) is 5.70. The summed E-state index contributed by atoms with van der Waals surface area (Å²) in [5, 5.41) is 6.07. The van der Waals surface area contributed by atoms with E-state index in [9.17, 15) is 9.18 Å². The second kappa shape index (κ2) is 8.27. The molecule has 0 radical (unpaired) electrons. The van der Waals surface area contributed by atoms with E-state index in [4.69, 9.17) is 0 Å². The molecule has 0 saturated carbocycles. The van der Waals surface area contributed by atoms with Crippen molar-refractivity contribution in [1.82, 2.24) is 10.3 Å². The van der Waals surface area contributed by atoms with Crippen LogP contribution in [0.15, 0.2) is 42.7 Å². The van der Waals surface area contributed by atoms with E-state index in [2.05, 4.69) is 29.5 Å². The summed E-state index contributed by atoms with van der Waals surface area (Å²) in [6.07, 6.45) is 4.30. The largest absolute Gasteiger partial charge is 0.384 e. The molecule has 1 amide bonds. The Morgan fingerprint density at radius 3 is 2.65 bits per heavy atom. The van der Waals surface area contributed by atoms with Crippen LogP contribution in [-0.4, -0.2) is 17.4 Å². The first-order valence-corrected chi connectivity index (χ1v) is 7.76. The van der Waals surface area contributed by atoms with Crippen LogP contribution in [0.1, 0.15) is 36.2 Å². The van der Waals surface area contributed by atoms with E-state index in [1.165, 1.54) is 18.3 Å². The summed E-state index contributed by atoms with van der Waals surface area (Å²) in [5.41, 5.74) is 2.18. The number of halogens is 1. The number of hydrogen-bond donors (Lipinski definition) is 2.